The van der Waals surface area contributed by atoms with Crippen molar-refractivity contribution in [1.82, 2.24) is 19.1 Å². The Kier molecular flexibility index (Phi) is 5.12. The van der Waals surface area contributed by atoms with E-state index in [4.69, 9.17) is 0 Å². The number of ether oxygens (including phenoxy) is 1. The van der Waals surface area contributed by atoms with Gasteiger partial charge in [-0.05, 0) is 37.6 Å². The molecule has 3 aromatic rings. The summed E-state index contributed by atoms with van der Waals surface area (Å²) in [5, 5.41) is 0. The molecule has 0 unspecified atom stereocenters. The van der Waals surface area contributed by atoms with Crippen LogP contribution in [0.3, 0.4) is 0 Å². The van der Waals surface area contributed by atoms with E-state index < -0.39 is 17.6 Å². The van der Waals surface area contributed by atoms with Crippen LogP contribution in [-0.2, 0) is 13.1 Å². The highest BCUT2D eigenvalue weighted by Gasteiger charge is 2.31. The van der Waals surface area contributed by atoms with E-state index in [0.717, 1.165) is 4.57 Å². The van der Waals surface area contributed by atoms with Gasteiger partial charge in [0.05, 0.1) is 0 Å². The minimum absolute atomic E-state index is 0.192. The van der Waals surface area contributed by atoms with Gasteiger partial charge in [0.25, 0.3) is 5.56 Å². The topological polar surface area (TPSA) is 81.9 Å². The summed E-state index contributed by atoms with van der Waals surface area (Å²) in [7, 11) is 0. The van der Waals surface area contributed by atoms with E-state index in [1.54, 1.807) is 19.9 Å². The zero-order valence-corrected chi connectivity index (χ0v) is 15.1. The molecular formula is C18H17F3N4O3. The van der Waals surface area contributed by atoms with Gasteiger partial charge in [0.15, 0.2) is 5.65 Å². The monoisotopic (exact) mass is 394 g/mol. The average Bonchev–Trinajstić information content (AvgIpc) is 3.04. The molecule has 1 aromatic carbocycles. The first kappa shape index (κ1) is 19.5. The minimum Gasteiger partial charge on any atom is -0.406 e. The number of nitrogens with zero attached hydrogens (tertiary/aromatic N) is 3. The Morgan fingerprint density at radius 3 is 2.50 bits per heavy atom. The van der Waals surface area contributed by atoms with Gasteiger partial charge in [0, 0.05) is 13.1 Å². The molecule has 148 valence electrons. The van der Waals surface area contributed by atoms with E-state index >= 15 is 0 Å². The maximum atomic E-state index is 12.4. The van der Waals surface area contributed by atoms with Crippen LogP contribution in [0.2, 0.25) is 0 Å². The lowest BCUT2D eigenvalue weighted by Crippen LogP contribution is -2.39. The first-order valence-electron chi connectivity index (χ1n) is 8.50. The van der Waals surface area contributed by atoms with Crippen LogP contribution in [-0.4, -0.2) is 25.5 Å². The van der Waals surface area contributed by atoms with Crippen LogP contribution >= 0.6 is 0 Å². The van der Waals surface area contributed by atoms with Crippen molar-refractivity contribution in [1.29, 1.82) is 0 Å². The van der Waals surface area contributed by atoms with Crippen LogP contribution in [0.15, 0.2) is 33.9 Å². The average molecular weight is 394 g/mol. The zero-order chi connectivity index (χ0) is 20.5. The van der Waals surface area contributed by atoms with Crippen LogP contribution in [0, 0.1) is 0 Å². The molecule has 0 fully saturated rings. The van der Waals surface area contributed by atoms with Gasteiger partial charge in [-0.1, -0.05) is 18.2 Å². The summed E-state index contributed by atoms with van der Waals surface area (Å²) in [5.74, 6) is -0.0467. The molecule has 0 saturated carbocycles. The van der Waals surface area contributed by atoms with Crippen LogP contribution < -0.4 is 16.0 Å². The van der Waals surface area contributed by atoms with Crippen molar-refractivity contribution >= 4 is 23.3 Å². The number of imidazole rings is 1. The third-order valence-electron chi connectivity index (χ3n) is 4.04. The molecule has 10 heteroatoms. The molecule has 7 nitrogen and oxygen atoms in total. The van der Waals surface area contributed by atoms with Crippen molar-refractivity contribution in [2.24, 2.45) is 0 Å². The molecule has 3 rings (SSSR count). The maximum Gasteiger partial charge on any atom is 0.573 e. The second-order valence-electron chi connectivity index (χ2n) is 5.85. The summed E-state index contributed by atoms with van der Waals surface area (Å²) in [6, 6.07) is 5.43. The Labute approximate surface area is 156 Å². The quantitative estimate of drug-likeness (QED) is 0.721. The number of aromatic amines is 1. The fourth-order valence-corrected chi connectivity index (χ4v) is 2.82. The Hall–Kier alpha value is -3.30. The molecule has 0 aliphatic carbocycles. The van der Waals surface area contributed by atoms with Gasteiger partial charge in [0.2, 0.25) is 0 Å². The lowest BCUT2D eigenvalue weighted by molar-refractivity contribution is -0.274. The molecule has 0 aliphatic heterocycles. The second kappa shape index (κ2) is 7.37. The van der Waals surface area contributed by atoms with E-state index in [1.807, 2.05) is 0 Å². The smallest absolute Gasteiger partial charge is 0.406 e. The molecule has 0 amide bonds. The van der Waals surface area contributed by atoms with Crippen LogP contribution in [0.25, 0.3) is 23.3 Å². The lowest BCUT2D eigenvalue weighted by Gasteiger charge is -2.08. The summed E-state index contributed by atoms with van der Waals surface area (Å²) >= 11 is 0. The molecule has 0 saturated heterocycles. The van der Waals surface area contributed by atoms with Gasteiger partial charge in [0.1, 0.15) is 17.1 Å². The summed E-state index contributed by atoms with van der Waals surface area (Å²) in [6.45, 7) is 4.02. The van der Waals surface area contributed by atoms with Gasteiger partial charge in [-0.3, -0.25) is 13.9 Å². The summed E-state index contributed by atoms with van der Waals surface area (Å²) in [6.07, 6.45) is -1.75. The number of aromatic nitrogens is 4. The van der Waals surface area contributed by atoms with Gasteiger partial charge in [-0.25, -0.2) is 9.78 Å². The van der Waals surface area contributed by atoms with Crippen molar-refractivity contribution in [3.8, 4) is 5.75 Å². The number of benzene rings is 1. The predicted molar refractivity (Wildman–Crippen MR) is 98.0 cm³/mol. The third kappa shape index (κ3) is 3.85. The lowest BCUT2D eigenvalue weighted by atomic mass is 10.2. The minimum atomic E-state index is -4.77. The highest BCUT2D eigenvalue weighted by Crippen LogP contribution is 2.24. The highest BCUT2D eigenvalue weighted by atomic mass is 19.4. The van der Waals surface area contributed by atoms with Crippen LogP contribution in [0.5, 0.6) is 5.75 Å². The molecule has 0 bridgehead atoms. The van der Waals surface area contributed by atoms with Crippen molar-refractivity contribution in [2.45, 2.75) is 33.3 Å². The summed E-state index contributed by atoms with van der Waals surface area (Å²) < 4.78 is 43.4. The van der Waals surface area contributed by atoms with E-state index in [0.29, 0.717) is 17.9 Å². The molecule has 2 aromatic heterocycles. The standard InChI is InChI=1S/C18H17F3N4O3/c1-3-24-15-14(16(26)25(4-2)17(24)27)22-13(23-15)9-8-11-6-5-7-12(10-11)28-18(19,20)21/h5-10H,3-4H2,1-2H3,(H,22,23). The number of hydrogen-bond acceptors (Lipinski definition) is 4. The van der Waals surface area contributed by atoms with Crippen LogP contribution in [0.4, 0.5) is 13.2 Å². The number of alkyl halides is 3. The number of hydrogen-bond donors (Lipinski definition) is 1. The van der Waals surface area contributed by atoms with Crippen molar-refractivity contribution in [3.63, 3.8) is 0 Å². The number of H-pyrrole nitrogens is 1. The molecule has 1 N–H and O–H groups in total. The number of aryl methyl sites for hydroxylation is 1. The summed E-state index contributed by atoms with van der Waals surface area (Å²) in [5.41, 5.74) is -0.0457. The number of nitrogens with one attached hydrogen (secondary N) is 1. The van der Waals surface area contributed by atoms with E-state index in [-0.39, 0.29) is 23.5 Å². The van der Waals surface area contributed by atoms with Crippen molar-refractivity contribution in [3.05, 3.63) is 56.5 Å². The number of fused-ring (bicyclic) bond motifs is 1. The van der Waals surface area contributed by atoms with Crippen molar-refractivity contribution < 1.29 is 17.9 Å². The van der Waals surface area contributed by atoms with E-state index in [2.05, 4.69) is 14.7 Å². The molecule has 0 radical (unpaired) electrons. The summed E-state index contributed by atoms with van der Waals surface area (Å²) in [4.78, 5) is 31.9. The molecule has 0 aliphatic rings. The third-order valence-corrected chi connectivity index (χ3v) is 4.04. The SMILES string of the molecule is CCn1c(=O)c2[nH]c(C=Cc3cccc(OC(F)(F)F)c3)nc2n(CC)c1=O. The first-order valence-corrected chi connectivity index (χ1v) is 8.50. The van der Waals surface area contributed by atoms with E-state index in [9.17, 15) is 22.8 Å². The zero-order valence-electron chi connectivity index (χ0n) is 15.1. The maximum absolute atomic E-state index is 12.4. The molecule has 0 atom stereocenters. The normalized spacial score (nSPS) is 12.2. The van der Waals surface area contributed by atoms with Gasteiger partial charge in [-0.2, -0.15) is 0 Å². The van der Waals surface area contributed by atoms with Gasteiger partial charge >= 0.3 is 12.1 Å². The Bertz CT molecular complexity index is 1160. The fraction of sp³-hybridized carbons (Fsp3) is 0.278. The number of halogens is 3. The molecule has 0 spiro atoms. The predicted octanol–water partition coefficient (Wildman–Crippen LogP) is 3.00. The Morgan fingerprint density at radius 2 is 1.86 bits per heavy atom. The second-order valence-corrected chi connectivity index (χ2v) is 5.85. The fourth-order valence-electron chi connectivity index (χ4n) is 2.82. The van der Waals surface area contributed by atoms with E-state index in [1.165, 1.54) is 34.9 Å². The largest absolute Gasteiger partial charge is 0.573 e. The van der Waals surface area contributed by atoms with Gasteiger partial charge < -0.3 is 9.72 Å². The molecule has 28 heavy (non-hydrogen) atoms. The molecule has 2 heterocycles. The number of rotatable bonds is 5. The Balaban J connectivity index is 2.00. The van der Waals surface area contributed by atoms with Crippen LogP contribution in [0.1, 0.15) is 25.2 Å². The van der Waals surface area contributed by atoms with Gasteiger partial charge in [-0.15, -0.1) is 13.2 Å². The van der Waals surface area contributed by atoms with Crippen molar-refractivity contribution in [2.75, 3.05) is 0 Å². The highest BCUT2D eigenvalue weighted by molar-refractivity contribution is 5.75. The molecular weight excluding hydrogens is 377 g/mol. The Morgan fingerprint density at radius 1 is 1.14 bits per heavy atom. The first-order chi connectivity index (χ1) is 13.2.